The molecule has 1 aromatic rings. The predicted molar refractivity (Wildman–Crippen MR) is 127 cm³/mol. The normalized spacial score (nSPS) is 46.8. The first-order valence-corrected chi connectivity index (χ1v) is 12.3. The Bertz CT molecular complexity index is 944. The van der Waals surface area contributed by atoms with Crippen molar-refractivity contribution in [3.63, 3.8) is 0 Å². The summed E-state index contributed by atoms with van der Waals surface area (Å²) in [7, 11) is 0. The van der Waals surface area contributed by atoms with E-state index in [1.807, 2.05) is 30.3 Å². The maximum atomic E-state index is 12.3. The van der Waals surface area contributed by atoms with Gasteiger partial charge >= 0.3 is 0 Å². The van der Waals surface area contributed by atoms with Gasteiger partial charge in [0.1, 0.15) is 0 Å². The highest BCUT2D eigenvalue weighted by atomic mass is 16.3. The summed E-state index contributed by atoms with van der Waals surface area (Å²) >= 11 is 0. The van der Waals surface area contributed by atoms with Crippen LogP contribution in [0.3, 0.4) is 0 Å². The van der Waals surface area contributed by atoms with Crippen LogP contribution in [0.1, 0.15) is 77.2 Å². The lowest BCUT2D eigenvalue weighted by molar-refractivity contribution is -0.233. The molecule has 0 radical (unpaired) electrons. The molecule has 5 rings (SSSR count). The SMILES string of the molecule is C[C@]12CCC(=NN=C(N)N)C[C@H]1CC[C@@H]1[C@@H]2CC[C@]2(C)[C@@](O)(c3ccccc3)CC[C@]12O. The molecule has 7 atom stereocenters. The molecule has 1 aromatic carbocycles. The molecule has 0 aliphatic heterocycles. The summed E-state index contributed by atoms with van der Waals surface area (Å²) < 4.78 is 0. The largest absolute Gasteiger partial charge is 0.389 e. The van der Waals surface area contributed by atoms with Gasteiger partial charge in [0.05, 0.1) is 11.2 Å². The molecule has 4 aliphatic rings. The Morgan fingerprint density at radius 1 is 0.938 bits per heavy atom. The average molecular weight is 439 g/mol. The molecule has 0 aromatic heterocycles. The number of nitrogens with two attached hydrogens (primary N) is 2. The molecule has 6 heteroatoms. The summed E-state index contributed by atoms with van der Waals surface area (Å²) in [6, 6.07) is 10.0. The van der Waals surface area contributed by atoms with Gasteiger partial charge < -0.3 is 21.7 Å². The molecule has 0 heterocycles. The second kappa shape index (κ2) is 7.29. The minimum atomic E-state index is -0.974. The highest BCUT2D eigenvalue weighted by Gasteiger charge is 2.71. The van der Waals surface area contributed by atoms with Crippen molar-refractivity contribution in [2.45, 2.75) is 82.8 Å². The number of benzene rings is 1. The van der Waals surface area contributed by atoms with Crippen LogP contribution in [0, 0.1) is 28.6 Å². The minimum Gasteiger partial charge on any atom is -0.389 e. The van der Waals surface area contributed by atoms with Gasteiger partial charge in [-0.05, 0) is 86.5 Å². The number of fused-ring (bicyclic) bond motifs is 5. The maximum absolute atomic E-state index is 12.3. The molecule has 0 unspecified atom stereocenters. The van der Waals surface area contributed by atoms with Gasteiger partial charge in [0.25, 0.3) is 0 Å². The zero-order valence-corrected chi connectivity index (χ0v) is 19.4. The summed E-state index contributed by atoms with van der Waals surface area (Å²) in [5, 5.41) is 32.5. The number of rotatable bonds is 2. The van der Waals surface area contributed by atoms with Crippen molar-refractivity contribution < 1.29 is 10.2 Å². The minimum absolute atomic E-state index is 0.00969. The third-order valence-corrected chi connectivity index (χ3v) is 10.4. The summed E-state index contributed by atoms with van der Waals surface area (Å²) in [6.45, 7) is 4.59. The molecule has 32 heavy (non-hydrogen) atoms. The van der Waals surface area contributed by atoms with Crippen molar-refractivity contribution >= 4 is 11.7 Å². The van der Waals surface area contributed by atoms with Gasteiger partial charge in [-0.25, -0.2) is 0 Å². The lowest BCUT2D eigenvalue weighted by Crippen LogP contribution is -2.64. The zero-order chi connectivity index (χ0) is 22.8. The quantitative estimate of drug-likeness (QED) is 0.320. The molecule has 4 aliphatic carbocycles. The van der Waals surface area contributed by atoms with Crippen LogP contribution in [0.5, 0.6) is 0 Å². The van der Waals surface area contributed by atoms with E-state index < -0.39 is 16.6 Å². The van der Waals surface area contributed by atoms with Crippen LogP contribution in [0.15, 0.2) is 40.5 Å². The van der Waals surface area contributed by atoms with Crippen molar-refractivity contribution in [2.75, 3.05) is 0 Å². The number of nitrogens with zero attached hydrogens (tertiary/aromatic N) is 2. The van der Waals surface area contributed by atoms with Crippen LogP contribution in [-0.4, -0.2) is 27.5 Å². The van der Waals surface area contributed by atoms with E-state index in [1.54, 1.807) is 0 Å². The smallest absolute Gasteiger partial charge is 0.211 e. The van der Waals surface area contributed by atoms with E-state index >= 15 is 0 Å². The first kappa shape index (κ1) is 21.9. The fourth-order valence-electron chi connectivity index (χ4n) is 8.44. The van der Waals surface area contributed by atoms with Gasteiger partial charge in [0.15, 0.2) is 0 Å². The van der Waals surface area contributed by atoms with Crippen LogP contribution < -0.4 is 11.5 Å². The van der Waals surface area contributed by atoms with E-state index in [4.69, 9.17) is 11.5 Å². The Balaban J connectivity index is 1.45. The van der Waals surface area contributed by atoms with E-state index in [1.165, 1.54) is 0 Å². The van der Waals surface area contributed by atoms with Gasteiger partial charge in [-0.15, -0.1) is 5.10 Å². The van der Waals surface area contributed by atoms with Crippen molar-refractivity contribution in [2.24, 2.45) is 50.3 Å². The fourth-order valence-corrected chi connectivity index (χ4v) is 8.44. The Morgan fingerprint density at radius 2 is 1.69 bits per heavy atom. The van der Waals surface area contributed by atoms with E-state index in [2.05, 4.69) is 24.1 Å². The van der Waals surface area contributed by atoms with E-state index in [0.717, 1.165) is 56.2 Å². The van der Waals surface area contributed by atoms with Crippen molar-refractivity contribution in [3.05, 3.63) is 35.9 Å². The molecule has 174 valence electrons. The van der Waals surface area contributed by atoms with E-state index in [0.29, 0.717) is 24.7 Å². The number of guanidine groups is 1. The number of hydrogen-bond donors (Lipinski definition) is 4. The first-order chi connectivity index (χ1) is 15.1. The van der Waals surface area contributed by atoms with Gasteiger partial charge in [-0.3, -0.25) is 0 Å². The van der Waals surface area contributed by atoms with Crippen molar-refractivity contribution in [1.82, 2.24) is 0 Å². The number of aliphatic hydroxyl groups is 2. The molecule has 0 spiro atoms. The molecule has 0 amide bonds. The van der Waals surface area contributed by atoms with Gasteiger partial charge in [-0.1, -0.05) is 44.2 Å². The van der Waals surface area contributed by atoms with Crippen molar-refractivity contribution in [1.29, 1.82) is 0 Å². The van der Waals surface area contributed by atoms with E-state index in [-0.39, 0.29) is 17.3 Å². The van der Waals surface area contributed by atoms with Crippen LogP contribution >= 0.6 is 0 Å². The Hall–Kier alpha value is -1.92. The van der Waals surface area contributed by atoms with Crippen LogP contribution in [0.25, 0.3) is 0 Å². The van der Waals surface area contributed by atoms with Gasteiger partial charge in [-0.2, -0.15) is 5.10 Å². The topological polar surface area (TPSA) is 117 Å². The fraction of sp³-hybridized carbons (Fsp3) is 0.692. The molecule has 6 N–H and O–H groups in total. The second-order valence-electron chi connectivity index (χ2n) is 11.4. The first-order valence-electron chi connectivity index (χ1n) is 12.3. The monoisotopic (exact) mass is 438 g/mol. The van der Waals surface area contributed by atoms with Gasteiger partial charge in [0, 0.05) is 11.1 Å². The Labute approximate surface area is 191 Å². The van der Waals surface area contributed by atoms with Crippen LogP contribution in [0.2, 0.25) is 0 Å². The van der Waals surface area contributed by atoms with Gasteiger partial charge in [0.2, 0.25) is 5.96 Å². The second-order valence-corrected chi connectivity index (χ2v) is 11.4. The third-order valence-electron chi connectivity index (χ3n) is 10.4. The molecule has 4 fully saturated rings. The molecule has 0 saturated heterocycles. The Kier molecular flexibility index (Phi) is 4.99. The maximum Gasteiger partial charge on any atom is 0.211 e. The lowest BCUT2D eigenvalue weighted by atomic mass is 9.43. The molecule has 4 saturated carbocycles. The zero-order valence-electron chi connectivity index (χ0n) is 19.4. The summed E-state index contributed by atoms with van der Waals surface area (Å²) in [5.74, 6) is 1.27. The average Bonchev–Trinajstić information content (AvgIpc) is 3.00. The molecule has 0 bridgehead atoms. The molecule has 6 nitrogen and oxygen atoms in total. The van der Waals surface area contributed by atoms with E-state index in [9.17, 15) is 10.2 Å². The summed E-state index contributed by atoms with van der Waals surface area (Å²) in [5.41, 5.74) is 10.8. The Morgan fingerprint density at radius 3 is 2.41 bits per heavy atom. The standard InChI is InChI=1S/C26H38N4O2/c1-23-12-10-19(29-30-22(27)28)16-18(23)8-9-21-20(23)11-13-24(2)25(31,14-15-26(21,24)32)17-6-4-3-5-7-17/h3-7,18,20-21,31-32H,8-16H2,1-2H3,(H4,27,28,30)/t18-,20+,21-,23+,24-,25+,26+/m1/s1. The molecular weight excluding hydrogens is 400 g/mol. The lowest BCUT2D eigenvalue weighted by Gasteiger charge is -2.64. The summed E-state index contributed by atoms with van der Waals surface area (Å²) in [4.78, 5) is 0. The van der Waals surface area contributed by atoms with Crippen molar-refractivity contribution in [3.8, 4) is 0 Å². The highest BCUT2D eigenvalue weighted by Crippen LogP contribution is 2.71. The summed E-state index contributed by atoms with van der Waals surface area (Å²) in [6.07, 6.45) is 8.23. The third kappa shape index (κ3) is 2.84. The predicted octanol–water partition coefficient (Wildman–Crippen LogP) is 3.66. The van der Waals surface area contributed by atoms with Crippen LogP contribution in [0.4, 0.5) is 0 Å². The number of hydrogen-bond acceptors (Lipinski definition) is 4. The molecular formula is C26H38N4O2. The highest BCUT2D eigenvalue weighted by molar-refractivity contribution is 5.86. The van der Waals surface area contributed by atoms with Crippen LogP contribution in [-0.2, 0) is 5.60 Å².